The summed E-state index contributed by atoms with van der Waals surface area (Å²) in [5.41, 5.74) is 5.56. The molecule has 6 nitrogen and oxygen atoms in total. The summed E-state index contributed by atoms with van der Waals surface area (Å²) >= 11 is 0. The van der Waals surface area contributed by atoms with Crippen LogP contribution in [0.15, 0.2) is 0 Å². The lowest BCUT2D eigenvalue weighted by Crippen LogP contribution is -2.52. The van der Waals surface area contributed by atoms with Gasteiger partial charge >= 0.3 is 0 Å². The van der Waals surface area contributed by atoms with Crippen LogP contribution in [0.3, 0.4) is 0 Å². The fourth-order valence-electron chi connectivity index (χ4n) is 1.77. The minimum absolute atomic E-state index is 0.0188. The van der Waals surface area contributed by atoms with Crippen LogP contribution in [-0.2, 0) is 19.0 Å². The van der Waals surface area contributed by atoms with E-state index in [1.807, 2.05) is 6.92 Å². The van der Waals surface area contributed by atoms with Crippen LogP contribution in [0.25, 0.3) is 0 Å². The minimum Gasteiger partial charge on any atom is -0.382 e. The Morgan fingerprint density at radius 3 is 2.88 bits per heavy atom. The van der Waals surface area contributed by atoms with Gasteiger partial charge in [0.15, 0.2) is 0 Å². The fourth-order valence-corrected chi connectivity index (χ4v) is 1.77. The van der Waals surface area contributed by atoms with Gasteiger partial charge in [0.05, 0.1) is 25.4 Å². The fraction of sp³-hybridized carbons (Fsp3) is 0.909. The highest BCUT2D eigenvalue weighted by molar-refractivity contribution is 5.77. The third kappa shape index (κ3) is 4.99. The summed E-state index contributed by atoms with van der Waals surface area (Å²) in [4.78, 5) is 13.6. The Balaban J connectivity index is 2.29. The summed E-state index contributed by atoms with van der Waals surface area (Å²) in [5, 5.41) is 0. The second-order valence-electron chi connectivity index (χ2n) is 4.15. The molecule has 1 saturated heterocycles. The second-order valence-corrected chi connectivity index (χ2v) is 4.15. The molecule has 17 heavy (non-hydrogen) atoms. The third-order valence-corrected chi connectivity index (χ3v) is 2.60. The highest BCUT2D eigenvalue weighted by atomic mass is 16.5. The summed E-state index contributed by atoms with van der Waals surface area (Å²) in [6.07, 6.45) is -0.0399. The SMILES string of the molecule is COCCOCC(=O)N1CC(C)OC(CN)C1. The summed E-state index contributed by atoms with van der Waals surface area (Å²) in [6.45, 7) is 4.54. The van der Waals surface area contributed by atoms with Crippen LogP contribution in [-0.4, -0.2) is 69.6 Å². The van der Waals surface area contributed by atoms with Gasteiger partial charge < -0.3 is 24.8 Å². The number of methoxy groups -OCH3 is 1. The van der Waals surface area contributed by atoms with Gasteiger partial charge in [-0.25, -0.2) is 0 Å². The summed E-state index contributed by atoms with van der Waals surface area (Å²) in [6, 6.07) is 0. The van der Waals surface area contributed by atoms with E-state index < -0.39 is 0 Å². The van der Waals surface area contributed by atoms with Crippen molar-refractivity contribution >= 4 is 5.91 Å². The maximum absolute atomic E-state index is 11.8. The van der Waals surface area contributed by atoms with Crippen molar-refractivity contribution in [2.45, 2.75) is 19.1 Å². The van der Waals surface area contributed by atoms with Crippen LogP contribution in [0.5, 0.6) is 0 Å². The van der Waals surface area contributed by atoms with Gasteiger partial charge in [0.1, 0.15) is 6.61 Å². The van der Waals surface area contributed by atoms with E-state index in [0.717, 1.165) is 0 Å². The molecule has 0 aromatic rings. The number of hydrogen-bond donors (Lipinski definition) is 1. The molecular weight excluding hydrogens is 224 g/mol. The van der Waals surface area contributed by atoms with Crippen molar-refractivity contribution in [3.8, 4) is 0 Å². The average Bonchev–Trinajstić information content (AvgIpc) is 2.33. The largest absolute Gasteiger partial charge is 0.382 e. The number of nitrogens with zero attached hydrogens (tertiary/aromatic N) is 1. The maximum Gasteiger partial charge on any atom is 0.248 e. The molecule has 6 heteroatoms. The van der Waals surface area contributed by atoms with Gasteiger partial charge in [-0.15, -0.1) is 0 Å². The van der Waals surface area contributed by atoms with Crippen molar-refractivity contribution in [1.82, 2.24) is 4.90 Å². The Morgan fingerprint density at radius 2 is 2.24 bits per heavy atom. The number of morpholine rings is 1. The molecule has 1 aliphatic rings. The molecule has 2 unspecified atom stereocenters. The summed E-state index contributed by atoms with van der Waals surface area (Å²) < 4.78 is 15.6. The number of carbonyl (C=O) groups is 1. The summed E-state index contributed by atoms with van der Waals surface area (Å²) in [7, 11) is 1.60. The Bertz CT molecular complexity index is 238. The zero-order valence-electron chi connectivity index (χ0n) is 10.6. The third-order valence-electron chi connectivity index (χ3n) is 2.60. The predicted molar refractivity (Wildman–Crippen MR) is 62.7 cm³/mol. The van der Waals surface area contributed by atoms with Crippen molar-refractivity contribution in [1.29, 1.82) is 0 Å². The van der Waals surface area contributed by atoms with Crippen molar-refractivity contribution < 1.29 is 19.0 Å². The average molecular weight is 246 g/mol. The highest BCUT2D eigenvalue weighted by Gasteiger charge is 2.27. The molecule has 1 aliphatic heterocycles. The molecule has 2 atom stereocenters. The first-order valence-electron chi connectivity index (χ1n) is 5.87. The van der Waals surface area contributed by atoms with Crippen LogP contribution in [0, 0.1) is 0 Å². The normalized spacial score (nSPS) is 25.0. The van der Waals surface area contributed by atoms with E-state index in [9.17, 15) is 4.79 Å². The predicted octanol–water partition coefficient (Wildman–Crippen LogP) is -0.776. The van der Waals surface area contributed by atoms with Gasteiger partial charge in [-0.3, -0.25) is 4.79 Å². The van der Waals surface area contributed by atoms with Gasteiger partial charge in [0, 0.05) is 26.7 Å². The van der Waals surface area contributed by atoms with E-state index in [1.54, 1.807) is 12.0 Å². The molecule has 100 valence electrons. The van der Waals surface area contributed by atoms with Gasteiger partial charge in [-0.1, -0.05) is 0 Å². The topological polar surface area (TPSA) is 74.0 Å². The van der Waals surface area contributed by atoms with Crippen LogP contribution in [0.4, 0.5) is 0 Å². The lowest BCUT2D eigenvalue weighted by atomic mass is 10.2. The van der Waals surface area contributed by atoms with Crippen molar-refractivity contribution in [2.24, 2.45) is 5.73 Å². The molecular formula is C11H22N2O4. The standard InChI is InChI=1S/C11H22N2O4/c1-9-6-13(7-10(5-12)17-9)11(14)8-16-4-3-15-2/h9-10H,3-8,12H2,1-2H3. The number of amides is 1. The zero-order chi connectivity index (χ0) is 12.7. The lowest BCUT2D eigenvalue weighted by molar-refractivity contribution is -0.148. The van der Waals surface area contributed by atoms with E-state index in [-0.39, 0.29) is 24.7 Å². The van der Waals surface area contributed by atoms with E-state index in [2.05, 4.69) is 0 Å². The Kier molecular flexibility index (Phi) is 6.43. The smallest absolute Gasteiger partial charge is 0.248 e. The summed E-state index contributed by atoms with van der Waals surface area (Å²) in [5.74, 6) is -0.0188. The quantitative estimate of drug-likeness (QED) is 0.623. The Hall–Kier alpha value is -0.690. The van der Waals surface area contributed by atoms with Gasteiger partial charge in [0.25, 0.3) is 0 Å². The molecule has 0 aromatic carbocycles. The first-order chi connectivity index (χ1) is 8.17. The molecule has 0 bridgehead atoms. The molecule has 1 heterocycles. The molecule has 0 aromatic heterocycles. The van der Waals surface area contributed by atoms with E-state index in [1.165, 1.54) is 0 Å². The second kappa shape index (κ2) is 7.60. The van der Waals surface area contributed by atoms with Crippen molar-refractivity contribution in [3.05, 3.63) is 0 Å². The molecule has 1 rings (SSSR count). The van der Waals surface area contributed by atoms with Gasteiger partial charge in [0.2, 0.25) is 5.91 Å². The van der Waals surface area contributed by atoms with Crippen LogP contribution >= 0.6 is 0 Å². The number of ether oxygens (including phenoxy) is 3. The maximum atomic E-state index is 11.8. The minimum atomic E-state index is -0.0679. The zero-order valence-corrected chi connectivity index (χ0v) is 10.6. The first kappa shape index (κ1) is 14.4. The molecule has 0 saturated carbocycles. The van der Waals surface area contributed by atoms with Gasteiger partial charge in [-0.2, -0.15) is 0 Å². The number of nitrogens with two attached hydrogens (primary N) is 1. The number of hydrogen-bond acceptors (Lipinski definition) is 5. The molecule has 0 spiro atoms. The lowest BCUT2D eigenvalue weighted by Gasteiger charge is -2.36. The van der Waals surface area contributed by atoms with Crippen LogP contribution in [0.1, 0.15) is 6.92 Å². The van der Waals surface area contributed by atoms with E-state index in [4.69, 9.17) is 19.9 Å². The van der Waals surface area contributed by atoms with E-state index >= 15 is 0 Å². The number of carbonyl (C=O) groups excluding carboxylic acids is 1. The Morgan fingerprint density at radius 1 is 1.47 bits per heavy atom. The van der Waals surface area contributed by atoms with Crippen molar-refractivity contribution in [2.75, 3.05) is 46.6 Å². The number of rotatable bonds is 6. The van der Waals surface area contributed by atoms with Crippen LogP contribution in [0.2, 0.25) is 0 Å². The van der Waals surface area contributed by atoms with Crippen molar-refractivity contribution in [3.63, 3.8) is 0 Å². The Labute approximate surface area is 102 Å². The van der Waals surface area contributed by atoms with Crippen LogP contribution < -0.4 is 5.73 Å². The molecule has 0 aliphatic carbocycles. The van der Waals surface area contributed by atoms with E-state index in [0.29, 0.717) is 32.8 Å². The first-order valence-corrected chi connectivity index (χ1v) is 5.87. The molecule has 0 radical (unpaired) electrons. The molecule has 1 amide bonds. The monoisotopic (exact) mass is 246 g/mol. The van der Waals surface area contributed by atoms with Gasteiger partial charge in [-0.05, 0) is 6.92 Å². The molecule has 1 fully saturated rings. The molecule has 2 N–H and O–H groups in total. The highest BCUT2D eigenvalue weighted by Crippen LogP contribution is 2.10.